The van der Waals surface area contributed by atoms with Crippen LogP contribution in [0.15, 0.2) is 24.3 Å². The smallest absolute Gasteiger partial charge is 0.119 e. The minimum absolute atomic E-state index is 0.250. The van der Waals surface area contributed by atoms with E-state index in [1.54, 1.807) is 0 Å². The van der Waals surface area contributed by atoms with E-state index in [4.69, 9.17) is 4.74 Å². The van der Waals surface area contributed by atoms with Gasteiger partial charge in [-0.05, 0) is 60.8 Å². The Kier molecular flexibility index (Phi) is 6.13. The van der Waals surface area contributed by atoms with Crippen LogP contribution in [0.2, 0.25) is 0 Å². The van der Waals surface area contributed by atoms with Crippen molar-refractivity contribution < 1.29 is 4.74 Å². The third-order valence-corrected chi connectivity index (χ3v) is 5.39. The van der Waals surface area contributed by atoms with Crippen molar-refractivity contribution in [2.75, 3.05) is 26.2 Å². The molecule has 1 aliphatic heterocycles. The van der Waals surface area contributed by atoms with Gasteiger partial charge in [-0.15, -0.1) is 0 Å². The van der Waals surface area contributed by atoms with Crippen molar-refractivity contribution in [2.24, 2.45) is 5.41 Å². The Bertz CT molecular complexity index is 475. The number of hydrogen-bond donors (Lipinski definition) is 0. The fourth-order valence-electron chi connectivity index (χ4n) is 3.42. The van der Waals surface area contributed by atoms with Crippen molar-refractivity contribution in [3.63, 3.8) is 0 Å². The predicted octanol–water partition coefficient (Wildman–Crippen LogP) is 5.27. The van der Waals surface area contributed by atoms with Gasteiger partial charge in [-0.1, -0.05) is 46.8 Å². The molecule has 1 aliphatic rings. The highest BCUT2D eigenvalue weighted by molar-refractivity contribution is 5.31. The number of nitrogens with zero attached hydrogens (tertiary/aromatic N) is 1. The first kappa shape index (κ1) is 18.3. The lowest BCUT2D eigenvalue weighted by Gasteiger charge is -2.38. The SMILES string of the molecule is CCC(C)(C)c1ccc(OCCCN2CCCC(C)(C)C2)cc1. The quantitative estimate of drug-likeness (QED) is 0.636. The highest BCUT2D eigenvalue weighted by atomic mass is 16.5. The molecule has 1 saturated heterocycles. The lowest BCUT2D eigenvalue weighted by molar-refractivity contribution is 0.111. The zero-order valence-electron chi connectivity index (χ0n) is 15.8. The molecule has 0 spiro atoms. The zero-order valence-corrected chi connectivity index (χ0v) is 15.8. The molecule has 0 N–H and O–H groups in total. The summed E-state index contributed by atoms with van der Waals surface area (Å²) in [5.74, 6) is 1.000. The molecule has 0 bridgehead atoms. The Hall–Kier alpha value is -1.02. The Morgan fingerprint density at radius 3 is 2.48 bits per heavy atom. The van der Waals surface area contributed by atoms with Gasteiger partial charge in [0.2, 0.25) is 0 Å². The van der Waals surface area contributed by atoms with E-state index < -0.39 is 0 Å². The molecular formula is C21H35NO. The Morgan fingerprint density at radius 1 is 1.17 bits per heavy atom. The maximum atomic E-state index is 5.92. The van der Waals surface area contributed by atoms with Crippen LogP contribution < -0.4 is 4.74 Å². The third-order valence-electron chi connectivity index (χ3n) is 5.39. The summed E-state index contributed by atoms with van der Waals surface area (Å²) in [4.78, 5) is 2.60. The normalized spacial score (nSPS) is 18.8. The predicted molar refractivity (Wildman–Crippen MR) is 99.3 cm³/mol. The van der Waals surface area contributed by atoms with Gasteiger partial charge in [-0.25, -0.2) is 0 Å². The molecule has 23 heavy (non-hydrogen) atoms. The highest BCUT2D eigenvalue weighted by Crippen LogP contribution is 2.29. The van der Waals surface area contributed by atoms with Crippen molar-refractivity contribution >= 4 is 0 Å². The molecule has 2 nitrogen and oxygen atoms in total. The lowest BCUT2D eigenvalue weighted by Crippen LogP contribution is -2.40. The second kappa shape index (κ2) is 7.70. The van der Waals surface area contributed by atoms with E-state index in [9.17, 15) is 0 Å². The van der Waals surface area contributed by atoms with Gasteiger partial charge >= 0.3 is 0 Å². The summed E-state index contributed by atoms with van der Waals surface area (Å²) in [5.41, 5.74) is 2.13. The van der Waals surface area contributed by atoms with Crippen LogP contribution in [0.25, 0.3) is 0 Å². The standard InChI is InChI=1S/C21H35NO/c1-6-21(4,5)18-9-11-19(12-10-18)23-16-8-15-22-14-7-13-20(2,3)17-22/h9-12H,6-8,13-17H2,1-5H3. The number of ether oxygens (including phenoxy) is 1. The van der Waals surface area contributed by atoms with E-state index in [0.29, 0.717) is 5.41 Å². The summed E-state index contributed by atoms with van der Waals surface area (Å²) in [6.45, 7) is 16.1. The first-order valence-electron chi connectivity index (χ1n) is 9.28. The highest BCUT2D eigenvalue weighted by Gasteiger charge is 2.25. The molecule has 1 fully saturated rings. The number of piperidine rings is 1. The Morgan fingerprint density at radius 2 is 1.87 bits per heavy atom. The van der Waals surface area contributed by atoms with Gasteiger partial charge in [-0.2, -0.15) is 0 Å². The van der Waals surface area contributed by atoms with Crippen LogP contribution in [0.3, 0.4) is 0 Å². The summed E-state index contributed by atoms with van der Waals surface area (Å²) in [6.07, 6.45) is 4.96. The Labute approximate surface area is 143 Å². The molecule has 1 heterocycles. The molecule has 1 aromatic rings. The van der Waals surface area contributed by atoms with Gasteiger partial charge in [-0.3, -0.25) is 0 Å². The van der Waals surface area contributed by atoms with E-state index in [0.717, 1.165) is 31.7 Å². The molecule has 130 valence electrons. The fourth-order valence-corrected chi connectivity index (χ4v) is 3.42. The van der Waals surface area contributed by atoms with Crippen molar-refractivity contribution in [3.8, 4) is 5.75 Å². The molecule has 0 saturated carbocycles. The molecule has 0 atom stereocenters. The van der Waals surface area contributed by atoms with Crippen LogP contribution in [0.1, 0.15) is 65.9 Å². The molecular weight excluding hydrogens is 282 g/mol. The number of rotatable bonds is 7. The number of benzene rings is 1. The molecule has 0 radical (unpaired) electrons. The van der Waals surface area contributed by atoms with Crippen LogP contribution in [-0.2, 0) is 5.41 Å². The number of hydrogen-bond acceptors (Lipinski definition) is 2. The summed E-state index contributed by atoms with van der Waals surface area (Å²) in [6, 6.07) is 8.67. The largest absolute Gasteiger partial charge is 0.494 e. The average Bonchev–Trinajstić information content (AvgIpc) is 2.51. The average molecular weight is 318 g/mol. The summed E-state index contributed by atoms with van der Waals surface area (Å²) < 4.78 is 5.92. The van der Waals surface area contributed by atoms with Gasteiger partial charge in [0.05, 0.1) is 6.61 Å². The second-order valence-electron chi connectivity index (χ2n) is 8.51. The Balaban J connectivity index is 1.72. The molecule has 0 aliphatic carbocycles. The van der Waals surface area contributed by atoms with E-state index in [1.165, 1.54) is 31.5 Å². The molecule has 2 heteroatoms. The van der Waals surface area contributed by atoms with Crippen molar-refractivity contribution in [3.05, 3.63) is 29.8 Å². The van der Waals surface area contributed by atoms with Crippen LogP contribution in [0.4, 0.5) is 0 Å². The van der Waals surface area contributed by atoms with Crippen LogP contribution in [0.5, 0.6) is 5.75 Å². The molecule has 0 aromatic heterocycles. The van der Waals surface area contributed by atoms with Crippen LogP contribution >= 0.6 is 0 Å². The first-order valence-corrected chi connectivity index (χ1v) is 9.28. The zero-order chi connectivity index (χ0) is 16.9. The number of likely N-dealkylation sites (tertiary alicyclic amines) is 1. The maximum Gasteiger partial charge on any atom is 0.119 e. The lowest BCUT2D eigenvalue weighted by atomic mass is 9.82. The third kappa shape index (κ3) is 5.53. The van der Waals surface area contributed by atoms with Gasteiger partial charge in [0.1, 0.15) is 5.75 Å². The summed E-state index contributed by atoms with van der Waals surface area (Å²) >= 11 is 0. The monoisotopic (exact) mass is 317 g/mol. The molecule has 1 aromatic carbocycles. The van der Waals surface area contributed by atoms with Crippen molar-refractivity contribution in [2.45, 2.75) is 65.7 Å². The maximum absolute atomic E-state index is 5.92. The van der Waals surface area contributed by atoms with Gasteiger partial charge in [0, 0.05) is 13.1 Å². The summed E-state index contributed by atoms with van der Waals surface area (Å²) in [7, 11) is 0. The second-order valence-corrected chi connectivity index (χ2v) is 8.51. The van der Waals surface area contributed by atoms with E-state index >= 15 is 0 Å². The van der Waals surface area contributed by atoms with Crippen molar-refractivity contribution in [1.29, 1.82) is 0 Å². The molecule has 2 rings (SSSR count). The fraction of sp³-hybridized carbons (Fsp3) is 0.714. The summed E-state index contributed by atoms with van der Waals surface area (Å²) in [5, 5.41) is 0. The molecule has 0 unspecified atom stereocenters. The van der Waals surface area contributed by atoms with E-state index in [-0.39, 0.29) is 5.41 Å². The van der Waals surface area contributed by atoms with Gasteiger partial charge in [0.15, 0.2) is 0 Å². The van der Waals surface area contributed by atoms with E-state index in [2.05, 4.69) is 63.8 Å². The minimum atomic E-state index is 0.250. The first-order chi connectivity index (χ1) is 10.8. The van der Waals surface area contributed by atoms with E-state index in [1.807, 2.05) is 0 Å². The van der Waals surface area contributed by atoms with Gasteiger partial charge < -0.3 is 9.64 Å². The molecule has 0 amide bonds. The topological polar surface area (TPSA) is 12.5 Å². The van der Waals surface area contributed by atoms with Crippen LogP contribution in [-0.4, -0.2) is 31.1 Å². The van der Waals surface area contributed by atoms with Gasteiger partial charge in [0.25, 0.3) is 0 Å². The van der Waals surface area contributed by atoms with Crippen LogP contribution in [0, 0.1) is 5.41 Å². The minimum Gasteiger partial charge on any atom is -0.494 e. The van der Waals surface area contributed by atoms with Crippen molar-refractivity contribution in [1.82, 2.24) is 4.90 Å².